The normalized spacial score (nSPS) is 14.1. The van der Waals surface area contributed by atoms with Crippen LogP contribution in [-0.2, 0) is 4.74 Å². The van der Waals surface area contributed by atoms with Crippen LogP contribution in [0.5, 0.6) is 0 Å². The Morgan fingerprint density at radius 2 is 2.19 bits per heavy atom. The molecule has 1 rings (SSSR count). The van der Waals surface area contributed by atoms with E-state index in [-0.39, 0.29) is 6.61 Å². The van der Waals surface area contributed by atoms with Crippen molar-refractivity contribution in [3.05, 3.63) is 21.3 Å². The Kier molecular flexibility index (Phi) is 5.00. The van der Waals surface area contributed by atoms with Crippen LogP contribution < -0.4 is 11.3 Å². The lowest BCUT2D eigenvalue weighted by atomic mass is 10.3. The molecule has 0 saturated carbocycles. The second-order valence-corrected chi connectivity index (χ2v) is 4.74. The van der Waals surface area contributed by atoms with Gasteiger partial charge >= 0.3 is 6.18 Å². The molecule has 0 radical (unpaired) electrons. The van der Waals surface area contributed by atoms with Crippen LogP contribution >= 0.6 is 22.9 Å². The smallest absolute Gasteiger partial charge is 0.370 e. The number of thiophene rings is 1. The minimum Gasteiger partial charge on any atom is -0.370 e. The molecule has 16 heavy (non-hydrogen) atoms. The highest BCUT2D eigenvalue weighted by Crippen LogP contribution is 2.27. The largest absolute Gasteiger partial charge is 0.411 e. The van der Waals surface area contributed by atoms with Gasteiger partial charge < -0.3 is 4.74 Å². The summed E-state index contributed by atoms with van der Waals surface area (Å²) in [5.41, 5.74) is 2.38. The van der Waals surface area contributed by atoms with Crippen molar-refractivity contribution in [2.24, 2.45) is 5.84 Å². The fourth-order valence-electron chi connectivity index (χ4n) is 1.02. The van der Waals surface area contributed by atoms with Crippen LogP contribution in [0.4, 0.5) is 13.2 Å². The van der Waals surface area contributed by atoms with Crippen LogP contribution in [0, 0.1) is 0 Å². The molecule has 0 spiro atoms. The summed E-state index contributed by atoms with van der Waals surface area (Å²) in [7, 11) is 0. The van der Waals surface area contributed by atoms with Crippen molar-refractivity contribution in [1.82, 2.24) is 5.43 Å². The molecule has 0 aliphatic carbocycles. The van der Waals surface area contributed by atoms with Crippen molar-refractivity contribution in [3.63, 3.8) is 0 Å². The minimum atomic E-state index is -4.33. The van der Waals surface area contributed by atoms with Crippen molar-refractivity contribution in [2.75, 3.05) is 13.2 Å². The number of hydrogen-bond acceptors (Lipinski definition) is 4. The van der Waals surface area contributed by atoms with Gasteiger partial charge in [0.25, 0.3) is 0 Å². The van der Waals surface area contributed by atoms with Crippen molar-refractivity contribution in [1.29, 1.82) is 0 Å². The summed E-state index contributed by atoms with van der Waals surface area (Å²) in [6.45, 7) is -1.45. The SMILES string of the molecule is NNC(COCC(F)(F)F)c1ccc(Cl)s1. The molecule has 0 bridgehead atoms. The van der Waals surface area contributed by atoms with Crippen molar-refractivity contribution in [2.45, 2.75) is 12.2 Å². The van der Waals surface area contributed by atoms with Gasteiger partial charge in [-0.1, -0.05) is 11.6 Å². The maximum absolute atomic E-state index is 11.8. The summed E-state index contributed by atoms with van der Waals surface area (Å²) >= 11 is 6.94. The molecule has 0 saturated heterocycles. The Morgan fingerprint density at radius 3 is 2.62 bits per heavy atom. The first-order valence-electron chi connectivity index (χ1n) is 4.28. The summed E-state index contributed by atoms with van der Waals surface area (Å²) in [6, 6.07) is 2.85. The standard InChI is InChI=1S/C8H10ClF3N2OS/c9-7-2-1-6(16-7)5(14-13)3-15-4-8(10,11)12/h1-2,5,14H,3-4,13H2. The van der Waals surface area contributed by atoms with Gasteiger partial charge in [0.2, 0.25) is 0 Å². The molecule has 1 atom stereocenters. The third-order valence-electron chi connectivity index (χ3n) is 1.69. The molecular weight excluding hydrogens is 265 g/mol. The molecule has 0 fully saturated rings. The quantitative estimate of drug-likeness (QED) is 0.641. The maximum Gasteiger partial charge on any atom is 0.411 e. The minimum absolute atomic E-state index is 0.160. The number of nitrogens with two attached hydrogens (primary N) is 1. The molecule has 0 aromatic carbocycles. The molecule has 1 unspecified atom stereocenters. The Labute approximate surface area is 99.3 Å². The van der Waals surface area contributed by atoms with E-state index >= 15 is 0 Å². The van der Waals surface area contributed by atoms with Crippen LogP contribution in [0.2, 0.25) is 4.34 Å². The number of rotatable bonds is 5. The monoisotopic (exact) mass is 274 g/mol. The number of hydrazine groups is 1. The number of halogens is 4. The summed E-state index contributed by atoms with van der Waals surface area (Å²) in [4.78, 5) is 0.731. The molecule has 1 heterocycles. The van der Waals surface area contributed by atoms with Gasteiger partial charge in [-0.3, -0.25) is 5.84 Å². The fourth-order valence-corrected chi connectivity index (χ4v) is 2.13. The van der Waals surface area contributed by atoms with Crippen LogP contribution in [-0.4, -0.2) is 19.4 Å². The van der Waals surface area contributed by atoms with E-state index in [9.17, 15) is 13.2 Å². The first-order valence-corrected chi connectivity index (χ1v) is 5.47. The molecule has 1 aromatic heterocycles. The Morgan fingerprint density at radius 1 is 1.50 bits per heavy atom. The van der Waals surface area contributed by atoms with Gasteiger partial charge in [0, 0.05) is 4.88 Å². The van der Waals surface area contributed by atoms with Crippen molar-refractivity contribution in [3.8, 4) is 0 Å². The Bertz CT molecular complexity index is 331. The molecule has 1 aromatic rings. The summed E-state index contributed by atoms with van der Waals surface area (Å²) in [5.74, 6) is 5.22. The Hall–Kier alpha value is -0.340. The zero-order valence-electron chi connectivity index (χ0n) is 8.05. The second kappa shape index (κ2) is 5.83. The first kappa shape index (κ1) is 13.7. The van der Waals surface area contributed by atoms with E-state index in [1.807, 2.05) is 0 Å². The van der Waals surface area contributed by atoms with E-state index in [1.54, 1.807) is 12.1 Å². The highest BCUT2D eigenvalue weighted by Gasteiger charge is 2.28. The van der Waals surface area contributed by atoms with Gasteiger partial charge in [-0.25, -0.2) is 5.43 Å². The third kappa shape index (κ3) is 4.67. The average Bonchev–Trinajstić information content (AvgIpc) is 2.58. The maximum atomic E-state index is 11.8. The zero-order chi connectivity index (χ0) is 12.2. The average molecular weight is 275 g/mol. The van der Waals surface area contributed by atoms with Gasteiger partial charge in [0.05, 0.1) is 17.0 Å². The van der Waals surface area contributed by atoms with Crippen LogP contribution in [0.25, 0.3) is 0 Å². The van der Waals surface area contributed by atoms with E-state index in [0.717, 1.165) is 4.88 Å². The lowest BCUT2D eigenvalue weighted by molar-refractivity contribution is -0.175. The highest BCUT2D eigenvalue weighted by atomic mass is 35.5. The summed E-state index contributed by atoms with van der Waals surface area (Å²) in [6.07, 6.45) is -4.33. The summed E-state index contributed by atoms with van der Waals surface area (Å²) in [5, 5.41) is 0. The molecular formula is C8H10ClF3N2OS. The molecule has 0 aliphatic heterocycles. The predicted octanol–water partition coefficient (Wildman–Crippen LogP) is 2.48. The number of nitrogens with one attached hydrogen (secondary N) is 1. The van der Waals surface area contributed by atoms with Crippen LogP contribution in [0.1, 0.15) is 10.9 Å². The van der Waals surface area contributed by atoms with Gasteiger partial charge in [-0.15, -0.1) is 11.3 Å². The number of alkyl halides is 3. The first-order chi connectivity index (χ1) is 7.42. The Balaban J connectivity index is 2.44. The third-order valence-corrected chi connectivity index (χ3v) is 3.03. The lowest BCUT2D eigenvalue weighted by Crippen LogP contribution is -2.32. The van der Waals surface area contributed by atoms with E-state index in [2.05, 4.69) is 10.2 Å². The number of ether oxygens (including phenoxy) is 1. The predicted molar refractivity (Wildman–Crippen MR) is 56.3 cm³/mol. The van der Waals surface area contributed by atoms with Crippen LogP contribution in [0.3, 0.4) is 0 Å². The van der Waals surface area contributed by atoms with Crippen LogP contribution in [0.15, 0.2) is 12.1 Å². The second-order valence-electron chi connectivity index (χ2n) is 2.99. The molecule has 0 amide bonds. The molecule has 3 N–H and O–H groups in total. The van der Waals surface area contributed by atoms with Crippen molar-refractivity contribution < 1.29 is 17.9 Å². The highest BCUT2D eigenvalue weighted by molar-refractivity contribution is 7.16. The lowest BCUT2D eigenvalue weighted by Gasteiger charge is -2.15. The number of hydrogen-bond donors (Lipinski definition) is 2. The van der Waals surface area contributed by atoms with E-state index in [4.69, 9.17) is 17.4 Å². The summed E-state index contributed by atoms with van der Waals surface area (Å²) < 4.78 is 40.5. The molecule has 3 nitrogen and oxygen atoms in total. The zero-order valence-corrected chi connectivity index (χ0v) is 9.62. The van der Waals surface area contributed by atoms with E-state index in [0.29, 0.717) is 4.34 Å². The van der Waals surface area contributed by atoms with E-state index < -0.39 is 18.8 Å². The molecule has 8 heteroatoms. The fraction of sp³-hybridized carbons (Fsp3) is 0.500. The van der Waals surface area contributed by atoms with Gasteiger partial charge in [-0.2, -0.15) is 13.2 Å². The van der Waals surface area contributed by atoms with Gasteiger partial charge in [0.1, 0.15) is 6.61 Å². The van der Waals surface area contributed by atoms with Crippen molar-refractivity contribution >= 4 is 22.9 Å². The molecule has 0 aliphatic rings. The van der Waals surface area contributed by atoms with Gasteiger partial charge in [-0.05, 0) is 12.1 Å². The molecule has 92 valence electrons. The van der Waals surface area contributed by atoms with Gasteiger partial charge in [0.15, 0.2) is 0 Å². The topological polar surface area (TPSA) is 47.3 Å². The van der Waals surface area contributed by atoms with E-state index in [1.165, 1.54) is 11.3 Å².